The first-order valence-corrected chi connectivity index (χ1v) is 8.55. The number of halogens is 20. The Morgan fingerprint density at radius 2 is 0.586 bits per heavy atom. The van der Waals surface area contributed by atoms with E-state index in [1.165, 1.54) is 0 Å². The van der Waals surface area contributed by atoms with Gasteiger partial charge in [0.1, 0.15) is 0 Å². The summed E-state index contributed by atoms with van der Waals surface area (Å²) < 4.78 is 240. The molecule has 0 nitrogen and oxygen atoms in total. The van der Waals surface area contributed by atoms with Crippen LogP contribution in [-0.2, 0) is 0 Å². The van der Waals surface area contributed by atoms with Crippen LogP contribution in [0.25, 0.3) is 0 Å². The Morgan fingerprint density at radius 1 is 0.379 bits per heavy atom. The lowest BCUT2D eigenvalue weighted by molar-refractivity contribution is -0.459. The highest BCUT2D eigenvalue weighted by atomic mass is 35.6. The Morgan fingerprint density at radius 3 is 0.793 bits per heavy atom. The molecule has 0 saturated heterocycles. The first-order chi connectivity index (χ1) is 12.0. The Balaban J connectivity index is 6.82. The normalized spacial score (nSPS) is 17.0. The van der Waals surface area contributed by atoms with Crippen molar-refractivity contribution in [2.24, 2.45) is 0 Å². The van der Waals surface area contributed by atoms with Crippen LogP contribution in [0.3, 0.4) is 0 Å². The summed E-state index contributed by atoms with van der Waals surface area (Å²) in [5.41, 5.74) is -7.80. The summed E-state index contributed by atoms with van der Waals surface area (Å²) in [6.07, 6.45) is -7.88. The lowest BCUT2D eigenvalue weighted by Crippen LogP contribution is -2.76. The molecule has 0 aliphatic heterocycles. The van der Waals surface area contributed by atoms with E-state index < -0.39 is 55.3 Å². The van der Waals surface area contributed by atoms with Crippen LogP contribution in [0.1, 0.15) is 0 Å². The van der Waals surface area contributed by atoms with Crippen molar-refractivity contribution in [1.82, 2.24) is 0 Å². The molecule has 0 saturated carbocycles. The third-order valence-corrected chi connectivity index (χ3v) is 4.82. The third-order valence-electron chi connectivity index (χ3n) is 3.08. The van der Waals surface area contributed by atoms with Crippen molar-refractivity contribution in [2.75, 3.05) is 0 Å². The van der Waals surface area contributed by atoms with Crippen LogP contribution in [0.4, 0.5) is 82.9 Å². The third kappa shape index (κ3) is 3.40. The molecular weight excluding hydrogens is 521 g/mol. The second kappa shape index (κ2) is 6.59. The van der Waals surface area contributed by atoms with Gasteiger partial charge in [0.15, 0.2) is 0 Å². The molecule has 0 aliphatic carbocycles. The Kier molecular flexibility index (Phi) is 6.40. The summed E-state index contributed by atoms with van der Waals surface area (Å²) in [5, 5.41) is 0. The van der Waals surface area contributed by atoms with Crippen molar-refractivity contribution in [2.45, 2.75) is 47.3 Å². The molecule has 21 heteroatoms. The summed E-state index contributed by atoms with van der Waals surface area (Å²) in [6.45, 7) is 0. The zero-order valence-electron chi connectivity index (χ0n) is 12.1. The minimum atomic E-state index is -8.89. The van der Waals surface area contributed by atoms with Gasteiger partial charge >= 0.3 is 55.3 Å². The monoisotopic (exact) mass is 520 g/mol. The van der Waals surface area contributed by atoms with Crippen LogP contribution >= 0.6 is 11.1 Å². The highest BCUT2D eigenvalue weighted by Gasteiger charge is 2.97. The molecule has 0 N–H and O–H groups in total. The molecule has 0 rings (SSSR count). The number of rotatable bonds is 7. The highest BCUT2D eigenvalue weighted by Crippen LogP contribution is 2.64. The van der Waals surface area contributed by atoms with Gasteiger partial charge in [-0.3, -0.25) is 0 Å². The van der Waals surface area contributed by atoms with Gasteiger partial charge in [-0.1, -0.05) is 11.1 Å². The lowest BCUT2D eigenvalue weighted by Gasteiger charge is -2.42. The summed E-state index contributed by atoms with van der Waals surface area (Å²) in [6, 6.07) is 0. The summed E-state index contributed by atoms with van der Waals surface area (Å²) >= 11 is 3.40. The zero-order chi connectivity index (χ0) is 24.5. The topological polar surface area (TPSA) is 0 Å². The van der Waals surface area contributed by atoms with Gasteiger partial charge in [0.2, 0.25) is 0 Å². The van der Waals surface area contributed by atoms with Gasteiger partial charge in [0, 0.05) is 0 Å². The van der Waals surface area contributed by atoms with E-state index in [0.717, 1.165) is 0 Å². The summed E-state index contributed by atoms with van der Waals surface area (Å²) in [4.78, 5) is 0. The van der Waals surface area contributed by atoms with Crippen molar-refractivity contribution in [1.29, 1.82) is 0 Å². The molecule has 0 amide bonds. The quantitative estimate of drug-likeness (QED) is 0.200. The van der Waals surface area contributed by atoms with Crippen LogP contribution in [0, 0.1) is 0 Å². The van der Waals surface area contributed by atoms with Crippen molar-refractivity contribution in [3.63, 3.8) is 0 Å². The smallest absolute Gasteiger partial charge is 0.247 e. The number of alkyl halides is 17. The summed E-state index contributed by atoms with van der Waals surface area (Å²) in [7, 11) is -8.57. The van der Waals surface area contributed by atoms with E-state index in [4.69, 9.17) is 0 Å². The Labute approximate surface area is 150 Å². The van der Waals surface area contributed by atoms with E-state index in [2.05, 4.69) is 11.1 Å². The maximum Gasteiger partial charge on any atom is 0.597 e. The first-order valence-electron chi connectivity index (χ1n) is 5.78. The molecule has 0 fully saturated rings. The van der Waals surface area contributed by atoms with E-state index in [1.54, 1.807) is 0 Å². The van der Waals surface area contributed by atoms with Crippen LogP contribution in [0.2, 0.25) is 0 Å². The fourth-order valence-electron chi connectivity index (χ4n) is 1.34. The van der Waals surface area contributed by atoms with Crippen molar-refractivity contribution >= 4 is 19.1 Å². The predicted octanol–water partition coefficient (Wildman–Crippen LogP) is 6.65. The first kappa shape index (κ1) is 28.2. The van der Waals surface area contributed by atoms with E-state index in [0.29, 0.717) is 0 Å². The number of hydrogen-bond donors (Lipinski definition) is 0. The second-order valence-electron chi connectivity index (χ2n) is 5.02. The molecule has 29 heavy (non-hydrogen) atoms. The molecule has 0 aromatic rings. The maximum atomic E-state index is 13.0. The molecule has 176 valence electrons. The predicted molar refractivity (Wildman–Crippen MR) is 54.5 cm³/mol. The summed E-state index contributed by atoms with van der Waals surface area (Å²) in [5.74, 6) is -51.9. The molecular formula is C8ClF19Si. The molecule has 0 unspecified atom stereocenters. The Hall–Kier alpha value is -0.823. The zero-order valence-corrected chi connectivity index (χ0v) is 13.8. The van der Waals surface area contributed by atoms with Crippen LogP contribution < -0.4 is 0 Å². The van der Waals surface area contributed by atoms with Crippen LogP contribution in [-0.4, -0.2) is 55.3 Å². The Bertz CT molecular complexity index is 559. The molecule has 0 bridgehead atoms. The van der Waals surface area contributed by atoms with Gasteiger partial charge in [-0.2, -0.15) is 74.6 Å². The van der Waals surface area contributed by atoms with Gasteiger partial charge in [-0.05, 0) is 0 Å². The van der Waals surface area contributed by atoms with E-state index in [-0.39, 0.29) is 0 Å². The van der Waals surface area contributed by atoms with E-state index in [1.807, 2.05) is 0 Å². The van der Waals surface area contributed by atoms with Crippen molar-refractivity contribution in [3.8, 4) is 0 Å². The average Bonchev–Trinajstić information content (AvgIpc) is 2.43. The lowest BCUT2D eigenvalue weighted by atomic mass is 9.91. The molecule has 0 spiro atoms. The fourth-order valence-corrected chi connectivity index (χ4v) is 2.21. The molecule has 0 aromatic carbocycles. The minimum Gasteiger partial charge on any atom is -0.247 e. The number of hydrogen-bond acceptors (Lipinski definition) is 0. The molecule has 0 heterocycles. The largest absolute Gasteiger partial charge is 0.597 e. The van der Waals surface area contributed by atoms with Gasteiger partial charge in [0.05, 0.1) is 0 Å². The van der Waals surface area contributed by atoms with Gasteiger partial charge in [-0.15, -0.1) is 0 Å². The van der Waals surface area contributed by atoms with Crippen molar-refractivity contribution < 1.29 is 82.9 Å². The average molecular weight is 521 g/mol. The van der Waals surface area contributed by atoms with E-state index >= 15 is 0 Å². The fraction of sp³-hybridized carbons (Fsp3) is 1.00. The molecule has 0 radical (unpaired) electrons. The van der Waals surface area contributed by atoms with Gasteiger partial charge < -0.3 is 0 Å². The van der Waals surface area contributed by atoms with Gasteiger partial charge in [-0.25, -0.2) is 8.22 Å². The highest BCUT2D eigenvalue weighted by molar-refractivity contribution is 7.13. The SMILES string of the molecule is FC(F)(F)C(F)(F)C(F)(F)C(F)(F)C(F)(F)C(F)(F)C(F)(F)C(F)(F)[Si](F)(F)Cl. The molecule has 0 atom stereocenters. The van der Waals surface area contributed by atoms with Crippen LogP contribution in [0.15, 0.2) is 0 Å². The maximum absolute atomic E-state index is 13.0. The molecule has 0 aromatic heterocycles. The second-order valence-corrected chi connectivity index (χ2v) is 8.06. The van der Waals surface area contributed by atoms with Crippen molar-refractivity contribution in [3.05, 3.63) is 0 Å². The van der Waals surface area contributed by atoms with Gasteiger partial charge in [0.25, 0.3) is 0 Å². The molecule has 0 aliphatic rings. The van der Waals surface area contributed by atoms with E-state index in [9.17, 15) is 82.9 Å². The minimum absolute atomic E-state index is 3.40. The standard InChI is InChI=1S/C8ClF19Si/c9-29(27,28)8(25,26)6(20,21)4(16,17)2(12,13)1(10,11)3(14,15)5(18,19)7(22,23)24. The van der Waals surface area contributed by atoms with Crippen LogP contribution in [0.5, 0.6) is 0 Å².